The van der Waals surface area contributed by atoms with Gasteiger partial charge in [-0.3, -0.25) is 33.6 Å². The molecule has 3 aliphatic heterocycles. The van der Waals surface area contributed by atoms with Crippen LogP contribution in [0, 0.1) is 0 Å². The second-order valence-electron chi connectivity index (χ2n) is 17.0. The van der Waals surface area contributed by atoms with E-state index in [-0.39, 0.29) is 57.4 Å². The summed E-state index contributed by atoms with van der Waals surface area (Å²) in [5.74, 6) is -4.74. The lowest BCUT2D eigenvalue weighted by molar-refractivity contribution is -0.157. The van der Waals surface area contributed by atoms with E-state index in [2.05, 4.69) is 16.0 Å². The smallest absolute Gasteiger partial charge is 0.333 e. The zero-order valence-electron chi connectivity index (χ0n) is 37.8. The van der Waals surface area contributed by atoms with E-state index in [1.54, 1.807) is 61.5 Å². The fraction of sp³-hybridized carbons (Fsp3) is 0.458. The molecule has 0 aliphatic carbocycles. The number of anilines is 1. The molecule has 3 aliphatic rings. The standard InChI is InChI=1S/C48H59N7O10/c1-7-35-45(60)54-24-13-17-36(54)46(61)53(5)38(26-30-19-21-33(22-20-30)52(3)4)47(62)55-25-23-34(56)28-37(55)43(58)51-42(31-14-9-8-10-15-31)48(63)65-29(2)41(44(59)49-35)50-40(57)27-32-16-11-12-18-39(32)64-6/h8-12,14-16,18-22,29,35-38,41-42H,7,13,17,23-28H2,1-6H3,(H,49,59)(H,50,57)(H,51,58)/t29-,35-,36+,37+,38+,41+,42+/m1/s1. The Bertz CT molecular complexity index is 2250. The summed E-state index contributed by atoms with van der Waals surface area (Å²) < 4.78 is 11.4. The molecule has 3 heterocycles. The van der Waals surface area contributed by atoms with Crippen LogP contribution in [0.5, 0.6) is 5.75 Å². The number of likely N-dealkylation sites (N-methyl/N-ethyl adjacent to an activating group) is 1. The summed E-state index contributed by atoms with van der Waals surface area (Å²) in [6.45, 7) is 3.17. The van der Waals surface area contributed by atoms with Crippen LogP contribution in [-0.4, -0.2) is 140 Å². The molecule has 3 aromatic carbocycles. The van der Waals surface area contributed by atoms with Crippen molar-refractivity contribution in [2.24, 2.45) is 0 Å². The van der Waals surface area contributed by atoms with Crippen LogP contribution in [0.1, 0.15) is 68.7 Å². The molecule has 17 heteroatoms. The first-order valence-corrected chi connectivity index (χ1v) is 22.0. The van der Waals surface area contributed by atoms with Crippen LogP contribution in [0.15, 0.2) is 78.9 Å². The first-order valence-electron chi connectivity index (χ1n) is 22.0. The lowest BCUT2D eigenvalue weighted by Gasteiger charge is -2.40. The average molecular weight is 894 g/mol. The highest BCUT2D eigenvalue weighted by Gasteiger charge is 2.45. The number of rotatable bonds is 9. The molecule has 65 heavy (non-hydrogen) atoms. The van der Waals surface area contributed by atoms with Crippen molar-refractivity contribution >= 4 is 52.9 Å². The minimum Gasteiger partial charge on any atom is -0.496 e. The molecule has 3 saturated heterocycles. The molecule has 0 spiro atoms. The number of cyclic esters (lactones) is 1. The molecule has 6 rings (SSSR count). The van der Waals surface area contributed by atoms with Gasteiger partial charge in [-0.25, -0.2) is 4.79 Å². The van der Waals surface area contributed by atoms with Crippen LogP contribution < -0.4 is 25.6 Å². The Hall–Kier alpha value is -6.78. The van der Waals surface area contributed by atoms with Crippen LogP contribution in [0.4, 0.5) is 5.69 Å². The van der Waals surface area contributed by atoms with Crippen molar-refractivity contribution in [1.29, 1.82) is 0 Å². The number of ether oxygens (including phenoxy) is 2. The van der Waals surface area contributed by atoms with Crippen LogP contribution in [0.3, 0.4) is 0 Å². The highest BCUT2D eigenvalue weighted by atomic mass is 16.5. The van der Waals surface area contributed by atoms with Gasteiger partial charge in [-0.15, -0.1) is 0 Å². The van der Waals surface area contributed by atoms with Gasteiger partial charge >= 0.3 is 5.97 Å². The normalized spacial score (nSPS) is 25.0. The first-order chi connectivity index (χ1) is 31.1. The number of Topliss-reactive ketones (excluding diaryl/α,β-unsaturated/α-hetero) is 1. The van der Waals surface area contributed by atoms with Crippen LogP contribution in [0.2, 0.25) is 0 Å². The molecule has 17 nitrogen and oxygen atoms in total. The second kappa shape index (κ2) is 21.3. The minimum atomic E-state index is -1.55. The molecule has 0 radical (unpaired) electrons. The first kappa shape index (κ1) is 47.7. The van der Waals surface area contributed by atoms with Crippen molar-refractivity contribution in [3.05, 3.63) is 95.6 Å². The number of nitrogens with one attached hydrogen (secondary N) is 3. The van der Waals surface area contributed by atoms with Gasteiger partial charge in [-0.2, -0.15) is 0 Å². The number of esters is 1. The molecule has 0 saturated carbocycles. The molecule has 0 bridgehead atoms. The molecule has 346 valence electrons. The van der Waals surface area contributed by atoms with Crippen LogP contribution in [0.25, 0.3) is 0 Å². The summed E-state index contributed by atoms with van der Waals surface area (Å²) in [7, 11) is 6.75. The quantitative estimate of drug-likeness (QED) is 0.266. The van der Waals surface area contributed by atoms with E-state index in [0.717, 1.165) is 11.3 Å². The predicted octanol–water partition coefficient (Wildman–Crippen LogP) is 2.11. The zero-order chi connectivity index (χ0) is 46.9. The second-order valence-corrected chi connectivity index (χ2v) is 17.0. The highest BCUT2D eigenvalue weighted by molar-refractivity contribution is 6.00. The number of amides is 6. The number of carbonyl (C=O) groups excluding carboxylic acids is 8. The van der Waals surface area contributed by atoms with Crippen molar-refractivity contribution in [1.82, 2.24) is 30.7 Å². The summed E-state index contributed by atoms with van der Waals surface area (Å²) in [6.07, 6.45) is -1.06. The van der Waals surface area contributed by atoms with Crippen molar-refractivity contribution < 1.29 is 47.8 Å². The van der Waals surface area contributed by atoms with Crippen LogP contribution >= 0.6 is 0 Å². The Morgan fingerprint density at radius 2 is 1.51 bits per heavy atom. The molecule has 0 unspecified atom stereocenters. The number of para-hydroxylation sites is 1. The monoisotopic (exact) mass is 893 g/mol. The number of fused-ring (bicyclic) bond motifs is 2. The molecule has 3 fully saturated rings. The van der Waals surface area contributed by atoms with E-state index >= 15 is 4.79 Å². The Labute approximate surface area is 379 Å². The van der Waals surface area contributed by atoms with Crippen molar-refractivity contribution in [3.63, 3.8) is 0 Å². The lowest BCUT2D eigenvalue weighted by atomic mass is 9.95. The summed E-state index contributed by atoms with van der Waals surface area (Å²) in [4.78, 5) is 120. The Balaban J connectivity index is 1.42. The maximum Gasteiger partial charge on any atom is 0.333 e. The highest BCUT2D eigenvalue weighted by Crippen LogP contribution is 2.27. The van der Waals surface area contributed by atoms with Crippen LogP contribution in [-0.2, 0) is 55.9 Å². The van der Waals surface area contributed by atoms with E-state index in [1.807, 2.05) is 43.3 Å². The van der Waals surface area contributed by atoms with Gasteiger partial charge in [-0.1, -0.05) is 67.6 Å². The van der Waals surface area contributed by atoms with E-state index in [4.69, 9.17) is 9.47 Å². The van der Waals surface area contributed by atoms with Gasteiger partial charge < -0.3 is 45.0 Å². The molecule has 3 aromatic rings. The number of piperidine rings is 1. The number of hydrogen-bond acceptors (Lipinski definition) is 11. The predicted molar refractivity (Wildman–Crippen MR) is 239 cm³/mol. The van der Waals surface area contributed by atoms with Gasteiger partial charge in [0.1, 0.15) is 47.8 Å². The van der Waals surface area contributed by atoms with Crippen molar-refractivity contribution in [2.45, 2.75) is 101 Å². The number of nitrogens with zero attached hydrogens (tertiary/aromatic N) is 4. The third-order valence-electron chi connectivity index (χ3n) is 12.4. The SMILES string of the molecule is CC[C@H]1NC(=O)[C@@H](NC(=O)Cc2ccccc2OC)[C@@H](C)OC(=O)[C@H](c2ccccc2)NC(=O)[C@@H]2CC(=O)CCN2C(=O)[C@H](Cc2ccc(N(C)C)cc2)N(C)C(=O)[C@@H]2CCCN2C1=O. The van der Waals surface area contributed by atoms with Gasteiger partial charge in [0.05, 0.1) is 13.5 Å². The Morgan fingerprint density at radius 1 is 0.831 bits per heavy atom. The van der Waals surface area contributed by atoms with Gasteiger partial charge in [0.2, 0.25) is 35.4 Å². The largest absolute Gasteiger partial charge is 0.496 e. The third-order valence-corrected chi connectivity index (χ3v) is 12.4. The van der Waals surface area contributed by atoms with E-state index in [9.17, 15) is 33.6 Å². The molecular weight excluding hydrogens is 835 g/mol. The summed E-state index contributed by atoms with van der Waals surface area (Å²) in [5.41, 5.74) is 2.46. The Kier molecular flexibility index (Phi) is 15.6. The van der Waals surface area contributed by atoms with E-state index in [0.29, 0.717) is 23.3 Å². The summed E-state index contributed by atoms with van der Waals surface area (Å²) in [5, 5.41) is 8.17. The van der Waals surface area contributed by atoms with Gasteiger partial charge in [0, 0.05) is 64.7 Å². The summed E-state index contributed by atoms with van der Waals surface area (Å²) in [6, 6.07) is 14.8. The minimum absolute atomic E-state index is 0.0341. The van der Waals surface area contributed by atoms with Gasteiger partial charge in [-0.05, 0) is 55.5 Å². The zero-order valence-corrected chi connectivity index (χ0v) is 37.8. The molecule has 6 amide bonds. The van der Waals surface area contributed by atoms with Crippen molar-refractivity contribution in [2.75, 3.05) is 46.2 Å². The fourth-order valence-electron chi connectivity index (χ4n) is 8.66. The summed E-state index contributed by atoms with van der Waals surface area (Å²) >= 11 is 0. The van der Waals surface area contributed by atoms with Crippen molar-refractivity contribution in [3.8, 4) is 5.75 Å². The maximum absolute atomic E-state index is 15.0. The number of benzene rings is 3. The molecular formula is C48H59N7O10. The number of carbonyl (C=O) groups is 8. The average Bonchev–Trinajstić information content (AvgIpc) is 3.80. The Morgan fingerprint density at radius 3 is 2.18 bits per heavy atom. The molecule has 7 atom stereocenters. The lowest BCUT2D eigenvalue weighted by Crippen LogP contribution is -2.61. The molecule has 3 N–H and O–H groups in total. The number of hydrogen-bond donors (Lipinski definition) is 3. The van der Waals surface area contributed by atoms with Gasteiger partial charge in [0.15, 0.2) is 6.04 Å². The van der Waals surface area contributed by atoms with Gasteiger partial charge in [0.25, 0.3) is 0 Å². The van der Waals surface area contributed by atoms with E-state index < -0.39 is 83.8 Å². The topological polar surface area (TPSA) is 204 Å². The van der Waals surface area contributed by atoms with E-state index in [1.165, 1.54) is 35.8 Å². The molecule has 0 aromatic heterocycles. The number of methoxy groups -OCH3 is 1. The number of ketones is 1. The third kappa shape index (κ3) is 11.1. The fourth-order valence-corrected chi connectivity index (χ4v) is 8.66. The maximum atomic E-state index is 15.0.